The number of carbonyl (C=O) groups excluding carboxylic acids is 2. The number of fused-ring (bicyclic) bond motifs is 2. The van der Waals surface area contributed by atoms with Crippen molar-refractivity contribution in [3.63, 3.8) is 0 Å². The fraction of sp³-hybridized carbons (Fsp3) is 0.200. The Labute approximate surface area is 170 Å². The number of likely N-dealkylation sites (N-methyl/N-ethyl adjacent to an activating group) is 1. The summed E-state index contributed by atoms with van der Waals surface area (Å²) >= 11 is 0. The first-order valence-electron chi connectivity index (χ1n) is 9.90. The highest BCUT2D eigenvalue weighted by Gasteiger charge is 2.64. The van der Waals surface area contributed by atoms with Gasteiger partial charge in [0.05, 0.1) is 5.92 Å². The molecule has 0 bridgehead atoms. The van der Waals surface area contributed by atoms with E-state index < -0.39 is 11.5 Å². The molecule has 3 aromatic rings. The van der Waals surface area contributed by atoms with Crippen LogP contribution < -0.4 is 5.32 Å². The fourth-order valence-corrected chi connectivity index (χ4v) is 5.18. The molecule has 4 heteroatoms. The summed E-state index contributed by atoms with van der Waals surface area (Å²) in [6.07, 6.45) is 0. The van der Waals surface area contributed by atoms with E-state index in [0.717, 1.165) is 16.8 Å². The van der Waals surface area contributed by atoms with Gasteiger partial charge in [-0.15, -0.1) is 0 Å². The number of hydrogen-bond acceptors (Lipinski definition) is 3. The van der Waals surface area contributed by atoms with Crippen LogP contribution in [0.2, 0.25) is 0 Å². The van der Waals surface area contributed by atoms with Crippen molar-refractivity contribution in [3.05, 3.63) is 102 Å². The number of Topliss-reactive ketones (excluding diaryl/α,β-unsaturated/α-hetero) is 1. The lowest BCUT2D eigenvalue weighted by atomic mass is 9.70. The van der Waals surface area contributed by atoms with Gasteiger partial charge in [-0.2, -0.15) is 0 Å². The Morgan fingerprint density at radius 3 is 2.28 bits per heavy atom. The predicted molar refractivity (Wildman–Crippen MR) is 113 cm³/mol. The summed E-state index contributed by atoms with van der Waals surface area (Å²) in [5.41, 5.74) is 2.40. The summed E-state index contributed by atoms with van der Waals surface area (Å²) in [4.78, 5) is 29.4. The van der Waals surface area contributed by atoms with Crippen LogP contribution in [0.15, 0.2) is 84.9 Å². The molecule has 5 rings (SSSR count). The zero-order valence-corrected chi connectivity index (χ0v) is 16.2. The monoisotopic (exact) mass is 382 g/mol. The summed E-state index contributed by atoms with van der Waals surface area (Å²) in [6, 6.07) is 27.1. The maximum atomic E-state index is 13.9. The van der Waals surface area contributed by atoms with E-state index >= 15 is 0 Å². The molecule has 0 aromatic heterocycles. The Morgan fingerprint density at radius 1 is 0.931 bits per heavy atom. The number of benzene rings is 3. The highest BCUT2D eigenvalue weighted by molar-refractivity contribution is 6.12. The maximum Gasteiger partial charge on any atom is 0.250 e. The van der Waals surface area contributed by atoms with Gasteiger partial charge in [0.1, 0.15) is 5.54 Å². The third-order valence-electron chi connectivity index (χ3n) is 6.43. The van der Waals surface area contributed by atoms with E-state index in [1.54, 1.807) is 0 Å². The number of para-hydroxylation sites is 1. The number of hydrogen-bond donors (Lipinski definition) is 1. The highest BCUT2D eigenvalue weighted by atomic mass is 16.2. The van der Waals surface area contributed by atoms with Crippen molar-refractivity contribution >= 4 is 17.4 Å². The van der Waals surface area contributed by atoms with Crippen molar-refractivity contribution in [2.75, 3.05) is 18.9 Å². The molecule has 3 atom stereocenters. The summed E-state index contributed by atoms with van der Waals surface area (Å²) < 4.78 is 0. The molecule has 3 aromatic carbocycles. The van der Waals surface area contributed by atoms with Crippen molar-refractivity contribution in [3.8, 4) is 0 Å². The number of amides is 1. The molecule has 1 unspecified atom stereocenters. The van der Waals surface area contributed by atoms with Gasteiger partial charge in [-0.25, -0.2) is 0 Å². The van der Waals surface area contributed by atoms with E-state index in [4.69, 9.17) is 0 Å². The third-order valence-corrected chi connectivity index (χ3v) is 6.43. The molecule has 2 heterocycles. The summed E-state index contributed by atoms with van der Waals surface area (Å²) in [6.45, 7) is 0.634. The van der Waals surface area contributed by atoms with Gasteiger partial charge < -0.3 is 5.32 Å². The Hall–Kier alpha value is -3.24. The number of nitrogens with zero attached hydrogens (tertiary/aromatic N) is 1. The second-order valence-corrected chi connectivity index (χ2v) is 7.87. The topological polar surface area (TPSA) is 49.4 Å². The first-order chi connectivity index (χ1) is 14.1. The molecule has 144 valence electrons. The Bertz CT molecular complexity index is 1080. The standard InChI is InChI=1S/C25H22N2O2/c1-27-16-19(17-10-4-2-5-11-17)22(23(28)18-12-6-3-7-13-18)25(27)20-14-8-9-15-21(20)26-24(25)29/h2-15,19,22H,16H2,1H3,(H,26,29)/t19-,22-,25?/m1/s1. The zero-order valence-electron chi connectivity index (χ0n) is 16.2. The number of nitrogens with one attached hydrogen (secondary N) is 1. The van der Waals surface area contributed by atoms with Gasteiger partial charge in [0, 0.05) is 29.3 Å². The molecule has 0 radical (unpaired) electrons. The van der Waals surface area contributed by atoms with Gasteiger partial charge in [-0.3, -0.25) is 14.5 Å². The minimum Gasteiger partial charge on any atom is -0.324 e. The van der Waals surface area contributed by atoms with E-state index in [-0.39, 0.29) is 17.6 Å². The maximum absolute atomic E-state index is 13.9. The molecule has 1 fully saturated rings. The molecule has 0 aliphatic carbocycles. The first kappa shape index (κ1) is 17.8. The Kier molecular flexibility index (Phi) is 4.10. The smallest absolute Gasteiger partial charge is 0.250 e. The van der Waals surface area contributed by atoms with Gasteiger partial charge in [-0.05, 0) is 18.7 Å². The van der Waals surface area contributed by atoms with Crippen molar-refractivity contribution in [2.45, 2.75) is 11.5 Å². The highest BCUT2D eigenvalue weighted by Crippen LogP contribution is 2.55. The van der Waals surface area contributed by atoms with Gasteiger partial charge in [0.25, 0.3) is 0 Å². The van der Waals surface area contributed by atoms with Crippen molar-refractivity contribution in [1.29, 1.82) is 0 Å². The number of ketones is 1. The van der Waals surface area contributed by atoms with Crippen LogP contribution in [0.3, 0.4) is 0 Å². The predicted octanol–water partition coefficient (Wildman–Crippen LogP) is 4.06. The van der Waals surface area contributed by atoms with Crippen LogP contribution in [0.1, 0.15) is 27.4 Å². The quantitative estimate of drug-likeness (QED) is 0.695. The zero-order chi connectivity index (χ0) is 20.0. The summed E-state index contributed by atoms with van der Waals surface area (Å²) in [7, 11) is 1.95. The minimum absolute atomic E-state index is 0.00987. The molecular formula is C25H22N2O2. The van der Waals surface area contributed by atoms with Crippen LogP contribution >= 0.6 is 0 Å². The van der Waals surface area contributed by atoms with Crippen LogP contribution in [0.4, 0.5) is 5.69 Å². The molecule has 2 aliphatic heterocycles. The van der Waals surface area contributed by atoms with Crippen molar-refractivity contribution < 1.29 is 9.59 Å². The number of anilines is 1. The average Bonchev–Trinajstić information content (AvgIpc) is 3.24. The van der Waals surface area contributed by atoms with Crippen LogP contribution in [-0.2, 0) is 10.3 Å². The lowest BCUT2D eigenvalue weighted by Crippen LogP contribution is -2.51. The first-order valence-corrected chi connectivity index (χ1v) is 9.90. The van der Waals surface area contributed by atoms with Crippen LogP contribution in [0.5, 0.6) is 0 Å². The molecule has 1 saturated heterocycles. The van der Waals surface area contributed by atoms with Crippen LogP contribution in [0.25, 0.3) is 0 Å². The van der Waals surface area contributed by atoms with Gasteiger partial charge >= 0.3 is 0 Å². The minimum atomic E-state index is -1.01. The lowest BCUT2D eigenvalue weighted by Gasteiger charge is -2.35. The van der Waals surface area contributed by atoms with E-state index in [9.17, 15) is 9.59 Å². The second-order valence-electron chi connectivity index (χ2n) is 7.87. The second kappa shape index (κ2) is 6.68. The molecule has 2 aliphatic rings. The molecule has 1 spiro atoms. The summed E-state index contributed by atoms with van der Waals surface area (Å²) in [5.74, 6) is -0.698. The number of likely N-dealkylation sites (tertiary alicyclic amines) is 1. The van der Waals surface area contributed by atoms with Gasteiger partial charge in [0.15, 0.2) is 5.78 Å². The summed E-state index contributed by atoms with van der Waals surface area (Å²) in [5, 5.41) is 3.04. The van der Waals surface area contributed by atoms with E-state index in [0.29, 0.717) is 12.1 Å². The molecular weight excluding hydrogens is 360 g/mol. The largest absolute Gasteiger partial charge is 0.324 e. The Morgan fingerprint density at radius 2 is 1.55 bits per heavy atom. The third kappa shape index (κ3) is 2.49. The fourth-order valence-electron chi connectivity index (χ4n) is 5.18. The molecule has 0 saturated carbocycles. The van der Waals surface area contributed by atoms with Crippen LogP contribution in [0, 0.1) is 5.92 Å². The molecule has 29 heavy (non-hydrogen) atoms. The average molecular weight is 382 g/mol. The number of carbonyl (C=O) groups is 2. The van der Waals surface area contributed by atoms with E-state index in [1.807, 2.05) is 79.8 Å². The Balaban J connectivity index is 1.74. The van der Waals surface area contributed by atoms with Crippen molar-refractivity contribution in [2.24, 2.45) is 5.92 Å². The van der Waals surface area contributed by atoms with Crippen molar-refractivity contribution in [1.82, 2.24) is 4.90 Å². The van der Waals surface area contributed by atoms with Gasteiger partial charge in [-0.1, -0.05) is 78.9 Å². The molecule has 1 amide bonds. The number of rotatable bonds is 3. The molecule has 4 nitrogen and oxygen atoms in total. The van der Waals surface area contributed by atoms with E-state index in [1.165, 1.54) is 0 Å². The SMILES string of the molecule is CN1C[C@H](c2ccccc2)[C@H](C(=O)c2ccccc2)C12C(=O)Nc1ccccc12. The van der Waals surface area contributed by atoms with Crippen LogP contribution in [-0.4, -0.2) is 30.2 Å². The van der Waals surface area contributed by atoms with E-state index in [2.05, 4.69) is 22.3 Å². The molecule has 1 N–H and O–H groups in total. The lowest BCUT2D eigenvalue weighted by molar-refractivity contribution is -0.126. The van der Waals surface area contributed by atoms with Gasteiger partial charge in [0.2, 0.25) is 5.91 Å². The normalized spacial score (nSPS) is 25.8.